The third kappa shape index (κ3) is 1.52. The van der Waals surface area contributed by atoms with Crippen molar-refractivity contribution in [3.8, 4) is 0 Å². The van der Waals surface area contributed by atoms with Gasteiger partial charge in [0.15, 0.2) is 0 Å². The lowest BCUT2D eigenvalue weighted by Crippen LogP contribution is -2.07. The van der Waals surface area contributed by atoms with Crippen LogP contribution < -0.4 is 5.32 Å². The van der Waals surface area contributed by atoms with Gasteiger partial charge in [0, 0.05) is 22.7 Å². The summed E-state index contributed by atoms with van der Waals surface area (Å²) in [7, 11) is 0. The van der Waals surface area contributed by atoms with Gasteiger partial charge >= 0.3 is 0 Å². The zero-order chi connectivity index (χ0) is 9.26. The van der Waals surface area contributed by atoms with Gasteiger partial charge in [-0.05, 0) is 30.5 Å². The average molecular weight is 193 g/mol. The number of aliphatic hydroxyl groups is 1. The first-order chi connectivity index (χ1) is 6.31. The van der Waals surface area contributed by atoms with Gasteiger partial charge in [-0.1, -0.05) is 0 Å². The normalized spacial score (nSPS) is 14.4. The van der Waals surface area contributed by atoms with E-state index in [1.807, 2.05) is 18.4 Å². The molecule has 0 amide bonds. The van der Waals surface area contributed by atoms with Crippen molar-refractivity contribution in [1.82, 2.24) is 0 Å². The van der Waals surface area contributed by atoms with E-state index in [1.54, 1.807) is 17.8 Å². The lowest BCUT2D eigenvalue weighted by atomic mass is 10.1. The van der Waals surface area contributed by atoms with Crippen LogP contribution in [-0.4, -0.2) is 17.9 Å². The van der Waals surface area contributed by atoms with Crippen LogP contribution in [0.3, 0.4) is 0 Å². The molecule has 0 saturated heterocycles. The van der Waals surface area contributed by atoms with Crippen LogP contribution in [-0.2, 0) is 0 Å². The van der Waals surface area contributed by atoms with E-state index < -0.39 is 0 Å². The molecule has 1 aliphatic heterocycles. The minimum atomic E-state index is 0.379. The van der Waals surface area contributed by atoms with E-state index in [4.69, 9.17) is 0 Å². The predicted octanol–water partition coefficient (Wildman–Crippen LogP) is 2.73. The van der Waals surface area contributed by atoms with Crippen LogP contribution in [0.4, 0.5) is 5.69 Å². The van der Waals surface area contributed by atoms with Crippen molar-refractivity contribution < 1.29 is 5.11 Å². The maximum absolute atomic E-state index is 9.59. The number of nitrogens with one attached hydrogen (secondary N) is 1. The molecular weight excluding hydrogens is 182 g/mol. The maximum Gasteiger partial charge on any atom is 0.122 e. The molecule has 2 N–H and O–H groups in total. The molecule has 2 rings (SSSR count). The van der Waals surface area contributed by atoms with E-state index in [9.17, 15) is 5.11 Å². The van der Waals surface area contributed by atoms with Crippen molar-refractivity contribution in [2.75, 3.05) is 18.1 Å². The lowest BCUT2D eigenvalue weighted by Gasteiger charge is -2.16. The highest BCUT2D eigenvalue weighted by atomic mass is 32.2. The number of thioether (sulfide) groups is 1. The monoisotopic (exact) mass is 193 g/mol. The number of hydrogen-bond donors (Lipinski definition) is 2. The Morgan fingerprint density at radius 1 is 1.46 bits per heavy atom. The summed E-state index contributed by atoms with van der Waals surface area (Å²) in [5.74, 6) is 0.379. The van der Waals surface area contributed by atoms with Gasteiger partial charge in [0.25, 0.3) is 0 Å². The Bertz CT molecular complexity index is 360. The molecule has 0 aromatic heterocycles. The number of fused-ring (bicyclic) bond motifs is 1. The van der Waals surface area contributed by atoms with Crippen LogP contribution in [0.5, 0.6) is 0 Å². The van der Waals surface area contributed by atoms with Crippen molar-refractivity contribution in [3.63, 3.8) is 0 Å². The van der Waals surface area contributed by atoms with Crippen molar-refractivity contribution in [3.05, 3.63) is 29.8 Å². The molecule has 1 aromatic rings. The number of aliphatic hydroxyl groups excluding tert-OH is 1. The summed E-state index contributed by atoms with van der Waals surface area (Å²) >= 11 is 1.68. The number of hydrogen-bond acceptors (Lipinski definition) is 3. The van der Waals surface area contributed by atoms with Crippen molar-refractivity contribution >= 4 is 23.2 Å². The number of rotatable bonds is 1. The molecule has 0 radical (unpaired) electrons. The molecule has 0 bridgehead atoms. The maximum atomic E-state index is 9.59. The minimum absolute atomic E-state index is 0.379. The van der Waals surface area contributed by atoms with Gasteiger partial charge in [-0.15, -0.1) is 11.8 Å². The molecule has 1 aromatic carbocycles. The fourth-order valence-corrected chi connectivity index (χ4v) is 1.82. The van der Waals surface area contributed by atoms with Crippen LogP contribution >= 0.6 is 11.8 Å². The Balaban J connectivity index is 2.50. The van der Waals surface area contributed by atoms with E-state index in [0.717, 1.165) is 11.3 Å². The molecule has 2 nitrogen and oxygen atoms in total. The van der Waals surface area contributed by atoms with Crippen molar-refractivity contribution in [2.45, 2.75) is 4.90 Å². The van der Waals surface area contributed by atoms with E-state index in [2.05, 4.69) is 11.4 Å². The largest absolute Gasteiger partial charge is 0.508 e. The summed E-state index contributed by atoms with van der Waals surface area (Å²) in [6.45, 7) is 0.706. The van der Waals surface area contributed by atoms with Gasteiger partial charge in [-0.2, -0.15) is 0 Å². The summed E-state index contributed by atoms with van der Waals surface area (Å²) in [6, 6.07) is 6.05. The Morgan fingerprint density at radius 2 is 2.31 bits per heavy atom. The molecule has 13 heavy (non-hydrogen) atoms. The summed E-state index contributed by atoms with van der Waals surface area (Å²) in [6.07, 6.45) is 3.81. The summed E-state index contributed by atoms with van der Waals surface area (Å²) < 4.78 is 0. The second-order valence-corrected chi connectivity index (χ2v) is 3.76. The first-order valence-electron chi connectivity index (χ1n) is 4.12. The van der Waals surface area contributed by atoms with Crippen LogP contribution in [0.15, 0.2) is 29.2 Å². The van der Waals surface area contributed by atoms with Crippen LogP contribution in [0.2, 0.25) is 0 Å². The Kier molecular flexibility index (Phi) is 2.19. The standard InChI is InChI=1S/C10H11NOS/c1-13-7-2-3-9-8(6-7)10(12)4-5-11-9/h2-4,6,11-12H,5H2,1H3. The van der Waals surface area contributed by atoms with E-state index in [0.29, 0.717) is 12.3 Å². The Labute approximate surface area is 81.7 Å². The lowest BCUT2D eigenvalue weighted by molar-refractivity contribution is 0.509. The molecule has 0 unspecified atom stereocenters. The van der Waals surface area contributed by atoms with Crippen LogP contribution in [0.1, 0.15) is 5.56 Å². The zero-order valence-electron chi connectivity index (χ0n) is 7.37. The molecular formula is C10H11NOS. The van der Waals surface area contributed by atoms with E-state index in [-0.39, 0.29) is 0 Å². The van der Waals surface area contributed by atoms with Crippen molar-refractivity contribution in [2.24, 2.45) is 0 Å². The summed E-state index contributed by atoms with van der Waals surface area (Å²) in [4.78, 5) is 1.17. The molecule has 68 valence electrons. The fraction of sp³-hybridized carbons (Fsp3) is 0.200. The molecule has 0 atom stereocenters. The summed E-state index contributed by atoms with van der Waals surface area (Å²) in [5, 5.41) is 12.8. The number of benzene rings is 1. The van der Waals surface area contributed by atoms with Gasteiger partial charge in [0.05, 0.1) is 0 Å². The average Bonchev–Trinajstić information content (AvgIpc) is 2.18. The Morgan fingerprint density at radius 3 is 3.08 bits per heavy atom. The van der Waals surface area contributed by atoms with Gasteiger partial charge in [0.1, 0.15) is 5.76 Å². The quantitative estimate of drug-likeness (QED) is 0.673. The predicted molar refractivity (Wildman–Crippen MR) is 57.3 cm³/mol. The van der Waals surface area contributed by atoms with Gasteiger partial charge < -0.3 is 10.4 Å². The Hall–Kier alpha value is -1.09. The second kappa shape index (κ2) is 3.34. The smallest absolute Gasteiger partial charge is 0.122 e. The third-order valence-corrected chi connectivity index (χ3v) is 2.82. The van der Waals surface area contributed by atoms with Gasteiger partial charge in [-0.3, -0.25) is 0 Å². The highest BCUT2D eigenvalue weighted by molar-refractivity contribution is 7.98. The second-order valence-electron chi connectivity index (χ2n) is 2.88. The van der Waals surface area contributed by atoms with Gasteiger partial charge in [-0.25, -0.2) is 0 Å². The van der Waals surface area contributed by atoms with Crippen LogP contribution in [0, 0.1) is 0 Å². The minimum Gasteiger partial charge on any atom is -0.508 e. The van der Waals surface area contributed by atoms with Gasteiger partial charge in [0.2, 0.25) is 0 Å². The third-order valence-electron chi connectivity index (χ3n) is 2.09. The molecule has 0 spiro atoms. The highest BCUT2D eigenvalue weighted by Crippen LogP contribution is 2.29. The topological polar surface area (TPSA) is 32.3 Å². The highest BCUT2D eigenvalue weighted by Gasteiger charge is 2.10. The SMILES string of the molecule is CSc1ccc2c(c1)C(O)=CCN2. The fourth-order valence-electron chi connectivity index (χ4n) is 1.38. The van der Waals surface area contributed by atoms with E-state index >= 15 is 0 Å². The van der Waals surface area contributed by atoms with Crippen LogP contribution in [0.25, 0.3) is 5.76 Å². The summed E-state index contributed by atoms with van der Waals surface area (Å²) in [5.41, 5.74) is 1.91. The zero-order valence-corrected chi connectivity index (χ0v) is 8.19. The molecule has 0 saturated carbocycles. The first-order valence-corrected chi connectivity index (χ1v) is 5.35. The van der Waals surface area contributed by atoms with E-state index in [1.165, 1.54) is 4.90 Å². The molecule has 1 aliphatic rings. The first kappa shape index (κ1) is 8.51. The molecule has 1 heterocycles. The molecule has 0 fully saturated rings. The number of anilines is 1. The van der Waals surface area contributed by atoms with Crippen molar-refractivity contribution in [1.29, 1.82) is 0 Å². The molecule has 0 aliphatic carbocycles. The molecule has 3 heteroatoms.